The molecule has 0 amide bonds. The Morgan fingerprint density at radius 3 is 1.63 bits per heavy atom. The maximum atomic E-state index is 2.55. The van der Waals surface area contributed by atoms with Gasteiger partial charge in [0.1, 0.15) is 6.54 Å². The van der Waals surface area contributed by atoms with Gasteiger partial charge in [-0.25, -0.2) is 9.13 Å². The van der Waals surface area contributed by atoms with Gasteiger partial charge in [0, 0.05) is 11.1 Å². The summed E-state index contributed by atoms with van der Waals surface area (Å²) in [7, 11) is 0. The number of aromatic nitrogens is 2. The van der Waals surface area contributed by atoms with Gasteiger partial charge in [-0.05, 0) is 24.1 Å². The van der Waals surface area contributed by atoms with Crippen molar-refractivity contribution in [1.29, 1.82) is 0 Å². The van der Waals surface area contributed by atoms with Crippen LogP contribution in [0.5, 0.6) is 0 Å². The summed E-state index contributed by atoms with van der Waals surface area (Å²) in [5, 5.41) is 0. The molecule has 0 unspecified atom stereocenters. The van der Waals surface area contributed by atoms with E-state index in [1.54, 1.807) is 0 Å². The van der Waals surface area contributed by atoms with Crippen LogP contribution in [0.2, 0.25) is 0 Å². The molecule has 4 aromatic carbocycles. The van der Waals surface area contributed by atoms with E-state index in [1.165, 1.54) is 39.5 Å². The lowest BCUT2D eigenvalue weighted by molar-refractivity contribution is -0.666. The Morgan fingerprint density at radius 2 is 1.09 bits per heavy atom. The number of nitrogens with zero attached hydrogens (tertiary/aromatic N) is 2. The van der Waals surface area contributed by atoms with Crippen molar-refractivity contribution in [3.8, 4) is 33.9 Å². The minimum absolute atomic E-state index is 0. The molecule has 0 radical (unpaired) electrons. The Bertz CT molecular complexity index is 1330. The quantitative estimate of drug-likeness (QED) is 0.263. The van der Waals surface area contributed by atoms with Crippen molar-refractivity contribution in [3.63, 3.8) is 0 Å². The standard InChI is InChI=1S/C32H31N2.BrH/c1-2-3-24-33-30(27-18-10-5-11-19-27)31(28-20-12-6-13-21-28)34(25-26-16-8-4-9-17-26)32(33)29-22-14-7-15-23-29;/h4-23H,2-3,24-25H2,1H3;1H/q+1;/p-1. The Morgan fingerprint density at radius 1 is 0.600 bits per heavy atom. The molecule has 2 nitrogen and oxygen atoms in total. The molecule has 0 N–H and O–H groups in total. The predicted octanol–water partition coefficient (Wildman–Crippen LogP) is 4.63. The van der Waals surface area contributed by atoms with E-state index < -0.39 is 0 Å². The van der Waals surface area contributed by atoms with Crippen molar-refractivity contribution >= 4 is 0 Å². The number of hydrogen-bond acceptors (Lipinski definition) is 0. The van der Waals surface area contributed by atoms with Crippen LogP contribution in [0.25, 0.3) is 33.9 Å². The first-order valence-electron chi connectivity index (χ1n) is 12.2. The van der Waals surface area contributed by atoms with Crippen molar-refractivity contribution in [2.45, 2.75) is 32.9 Å². The zero-order valence-electron chi connectivity index (χ0n) is 20.1. The summed E-state index contributed by atoms with van der Waals surface area (Å²) in [4.78, 5) is 0. The smallest absolute Gasteiger partial charge is 0.290 e. The second kappa shape index (κ2) is 11.8. The molecule has 5 rings (SSSR count). The van der Waals surface area contributed by atoms with Gasteiger partial charge in [0.05, 0.1) is 12.1 Å². The van der Waals surface area contributed by atoms with Gasteiger partial charge in [0.15, 0.2) is 11.4 Å². The number of halogens is 1. The van der Waals surface area contributed by atoms with E-state index >= 15 is 0 Å². The third kappa shape index (κ3) is 5.31. The van der Waals surface area contributed by atoms with Crippen LogP contribution in [0.3, 0.4) is 0 Å². The molecular weight excluding hydrogens is 492 g/mol. The number of benzene rings is 4. The summed E-state index contributed by atoms with van der Waals surface area (Å²) >= 11 is 0. The van der Waals surface area contributed by atoms with E-state index in [2.05, 4.69) is 137 Å². The van der Waals surface area contributed by atoms with Crippen LogP contribution in [0.1, 0.15) is 25.3 Å². The highest BCUT2D eigenvalue weighted by atomic mass is 79.9. The van der Waals surface area contributed by atoms with Crippen molar-refractivity contribution in [1.82, 2.24) is 4.57 Å². The monoisotopic (exact) mass is 522 g/mol. The molecule has 0 atom stereocenters. The van der Waals surface area contributed by atoms with Gasteiger partial charge in [-0.2, -0.15) is 0 Å². The molecule has 0 spiro atoms. The molecule has 0 saturated carbocycles. The second-order valence-electron chi connectivity index (χ2n) is 8.70. The molecule has 0 aliphatic rings. The molecule has 1 aromatic heterocycles. The molecule has 35 heavy (non-hydrogen) atoms. The largest absolute Gasteiger partial charge is 1.00 e. The normalized spacial score (nSPS) is 10.7. The van der Waals surface area contributed by atoms with Gasteiger partial charge in [-0.1, -0.05) is 123 Å². The van der Waals surface area contributed by atoms with E-state index in [1.807, 2.05) is 0 Å². The summed E-state index contributed by atoms with van der Waals surface area (Å²) in [5.41, 5.74) is 7.59. The van der Waals surface area contributed by atoms with Gasteiger partial charge in [-0.3, -0.25) is 0 Å². The lowest BCUT2D eigenvalue weighted by atomic mass is 10.0. The second-order valence-corrected chi connectivity index (χ2v) is 8.70. The highest BCUT2D eigenvalue weighted by molar-refractivity contribution is 5.79. The zero-order valence-corrected chi connectivity index (χ0v) is 21.7. The Kier molecular flexibility index (Phi) is 8.33. The average Bonchev–Trinajstić information content (AvgIpc) is 3.23. The van der Waals surface area contributed by atoms with Crippen molar-refractivity contribution in [3.05, 3.63) is 127 Å². The van der Waals surface area contributed by atoms with Crippen LogP contribution in [-0.2, 0) is 13.1 Å². The van der Waals surface area contributed by atoms with Gasteiger partial charge >= 0.3 is 0 Å². The zero-order chi connectivity index (χ0) is 23.2. The van der Waals surface area contributed by atoms with E-state index in [0.717, 1.165) is 25.9 Å². The predicted molar refractivity (Wildman–Crippen MR) is 141 cm³/mol. The summed E-state index contributed by atoms with van der Waals surface area (Å²) in [5.74, 6) is 1.26. The highest BCUT2D eigenvalue weighted by Gasteiger charge is 2.33. The fourth-order valence-electron chi connectivity index (χ4n) is 4.74. The summed E-state index contributed by atoms with van der Waals surface area (Å²) in [6, 6.07) is 43.4. The lowest BCUT2D eigenvalue weighted by Crippen LogP contribution is -3.00. The minimum atomic E-state index is 0. The van der Waals surface area contributed by atoms with Gasteiger partial charge in [-0.15, -0.1) is 0 Å². The van der Waals surface area contributed by atoms with Gasteiger partial charge in [0.25, 0.3) is 5.82 Å². The molecule has 0 bridgehead atoms. The minimum Gasteiger partial charge on any atom is -1.00 e. The van der Waals surface area contributed by atoms with E-state index in [9.17, 15) is 0 Å². The highest BCUT2D eigenvalue weighted by Crippen LogP contribution is 2.35. The number of rotatable bonds is 8. The molecular formula is C32H31BrN2. The first-order chi connectivity index (χ1) is 16.9. The van der Waals surface area contributed by atoms with Crippen LogP contribution in [0.15, 0.2) is 121 Å². The first kappa shape index (κ1) is 24.7. The van der Waals surface area contributed by atoms with Crippen LogP contribution in [0.4, 0.5) is 0 Å². The van der Waals surface area contributed by atoms with Gasteiger partial charge < -0.3 is 17.0 Å². The first-order valence-corrected chi connectivity index (χ1v) is 12.2. The molecule has 0 saturated heterocycles. The molecule has 3 heteroatoms. The van der Waals surface area contributed by atoms with Crippen LogP contribution in [0, 0.1) is 0 Å². The Labute approximate surface area is 219 Å². The van der Waals surface area contributed by atoms with Crippen LogP contribution < -0.4 is 21.5 Å². The Balaban J connectivity index is 0.00000289. The third-order valence-electron chi connectivity index (χ3n) is 6.32. The fourth-order valence-corrected chi connectivity index (χ4v) is 4.74. The molecule has 0 fully saturated rings. The Hall–Kier alpha value is -3.43. The van der Waals surface area contributed by atoms with Crippen LogP contribution >= 0.6 is 0 Å². The maximum absolute atomic E-state index is 2.55. The SMILES string of the molecule is CCCCn1c(-c2ccccc2)c(-c2ccccc2)[n+](Cc2ccccc2)c1-c1ccccc1.[Br-]. The summed E-state index contributed by atoms with van der Waals surface area (Å²) < 4.78 is 5.08. The fraction of sp³-hybridized carbons (Fsp3) is 0.156. The number of imidazole rings is 1. The molecule has 176 valence electrons. The lowest BCUT2D eigenvalue weighted by Gasteiger charge is -2.07. The topological polar surface area (TPSA) is 8.81 Å². The van der Waals surface area contributed by atoms with E-state index in [4.69, 9.17) is 0 Å². The molecule has 0 aliphatic heterocycles. The molecule has 5 aromatic rings. The molecule has 1 heterocycles. The van der Waals surface area contributed by atoms with Crippen LogP contribution in [-0.4, -0.2) is 4.57 Å². The number of hydrogen-bond donors (Lipinski definition) is 0. The summed E-state index contributed by atoms with van der Waals surface area (Å²) in [6.45, 7) is 4.06. The van der Waals surface area contributed by atoms with Crippen molar-refractivity contribution in [2.75, 3.05) is 0 Å². The van der Waals surface area contributed by atoms with E-state index in [-0.39, 0.29) is 17.0 Å². The van der Waals surface area contributed by atoms with Crippen molar-refractivity contribution < 1.29 is 21.5 Å². The van der Waals surface area contributed by atoms with E-state index in [0.29, 0.717) is 0 Å². The molecule has 0 aliphatic carbocycles. The average molecular weight is 524 g/mol. The number of unbranched alkanes of at least 4 members (excludes halogenated alkanes) is 1. The maximum Gasteiger partial charge on any atom is 0.290 e. The van der Waals surface area contributed by atoms with Gasteiger partial charge in [0.2, 0.25) is 0 Å². The third-order valence-corrected chi connectivity index (χ3v) is 6.32. The van der Waals surface area contributed by atoms with Crippen molar-refractivity contribution in [2.24, 2.45) is 0 Å². The summed E-state index contributed by atoms with van der Waals surface area (Å²) in [6.07, 6.45) is 2.29.